The maximum absolute atomic E-state index is 12.4. The molecule has 0 aliphatic carbocycles. The van der Waals surface area contributed by atoms with E-state index in [1.165, 1.54) is 6.07 Å². The van der Waals surface area contributed by atoms with E-state index in [1.807, 2.05) is 6.07 Å². The van der Waals surface area contributed by atoms with Gasteiger partial charge in [-0.15, -0.1) is 4.40 Å². The van der Waals surface area contributed by atoms with Gasteiger partial charge in [0.15, 0.2) is 5.84 Å². The van der Waals surface area contributed by atoms with E-state index in [9.17, 15) is 13.2 Å². The zero-order valence-electron chi connectivity index (χ0n) is 15.0. The van der Waals surface area contributed by atoms with Crippen molar-refractivity contribution >= 4 is 33.1 Å². The molecule has 1 amide bonds. The predicted octanol–water partition coefficient (Wildman–Crippen LogP) is 3.37. The summed E-state index contributed by atoms with van der Waals surface area (Å²) in [6, 6.07) is 21.8. The van der Waals surface area contributed by atoms with Gasteiger partial charge >= 0.3 is 0 Å². The second-order valence-electron chi connectivity index (χ2n) is 6.26. The number of benzene rings is 3. The molecule has 7 nitrogen and oxygen atoms in total. The van der Waals surface area contributed by atoms with Crippen LogP contribution < -0.4 is 10.6 Å². The summed E-state index contributed by atoms with van der Waals surface area (Å²) < 4.78 is 28.0. The maximum atomic E-state index is 12.4. The van der Waals surface area contributed by atoms with Crippen LogP contribution >= 0.6 is 0 Å². The van der Waals surface area contributed by atoms with Gasteiger partial charge in [-0.2, -0.15) is 13.7 Å². The van der Waals surface area contributed by atoms with Crippen molar-refractivity contribution in [1.29, 1.82) is 5.26 Å². The minimum Gasteiger partial charge on any atom is -0.339 e. The van der Waals surface area contributed by atoms with Gasteiger partial charge in [-0.1, -0.05) is 18.2 Å². The molecule has 2 N–H and O–H groups in total. The van der Waals surface area contributed by atoms with E-state index >= 15 is 0 Å². The molecular formula is C21H14N4O3S. The second-order valence-corrected chi connectivity index (χ2v) is 7.83. The number of sulfonamides is 1. The number of amides is 1. The number of hydrogen-bond acceptors (Lipinski definition) is 5. The Morgan fingerprint density at radius 1 is 0.931 bits per heavy atom. The average Bonchev–Trinajstić information content (AvgIpc) is 2.99. The number of anilines is 2. The monoisotopic (exact) mass is 402 g/mol. The first kappa shape index (κ1) is 18.4. The Labute approximate surface area is 167 Å². The molecule has 0 atom stereocenters. The van der Waals surface area contributed by atoms with Crippen molar-refractivity contribution < 1.29 is 13.2 Å². The largest absolute Gasteiger partial charge is 0.339 e. The standard InChI is InChI=1S/C21H14N4O3S/c22-13-14-4-3-5-17(12-14)24-21(26)15-8-10-16(11-9-15)23-20-18-6-1-2-7-19(18)29(27,28)25-20/h1-12H,(H,23,25)(H,24,26). The third-order valence-electron chi connectivity index (χ3n) is 4.29. The lowest BCUT2D eigenvalue weighted by Gasteiger charge is -2.08. The summed E-state index contributed by atoms with van der Waals surface area (Å²) in [5.41, 5.74) is 2.50. The number of carbonyl (C=O) groups excluding carboxylic acids is 1. The molecule has 1 heterocycles. The van der Waals surface area contributed by atoms with Crippen molar-refractivity contribution in [1.82, 2.24) is 0 Å². The molecule has 1 aliphatic heterocycles. The minimum atomic E-state index is -3.70. The molecule has 0 saturated heterocycles. The molecule has 29 heavy (non-hydrogen) atoms. The highest BCUT2D eigenvalue weighted by Gasteiger charge is 2.28. The molecule has 0 aromatic heterocycles. The van der Waals surface area contributed by atoms with Gasteiger partial charge in [0.05, 0.1) is 11.6 Å². The number of fused-ring (bicyclic) bond motifs is 1. The van der Waals surface area contributed by atoms with Crippen LogP contribution in [0.2, 0.25) is 0 Å². The van der Waals surface area contributed by atoms with Crippen LogP contribution in [0.1, 0.15) is 21.5 Å². The van der Waals surface area contributed by atoms with Crippen LogP contribution in [0, 0.1) is 11.3 Å². The Hall–Kier alpha value is -3.96. The Morgan fingerprint density at radius 2 is 1.69 bits per heavy atom. The SMILES string of the molecule is N#Cc1cccc(NC(=O)c2ccc(NC3=NS(=O)(=O)c4ccccc43)cc2)c1. The Balaban J connectivity index is 1.50. The van der Waals surface area contributed by atoms with Gasteiger partial charge in [0, 0.05) is 22.5 Å². The fourth-order valence-corrected chi connectivity index (χ4v) is 4.08. The lowest BCUT2D eigenvalue weighted by Crippen LogP contribution is -2.13. The molecule has 0 bridgehead atoms. The molecule has 0 unspecified atom stereocenters. The molecule has 3 aromatic carbocycles. The van der Waals surface area contributed by atoms with Crippen LogP contribution in [-0.2, 0) is 10.0 Å². The van der Waals surface area contributed by atoms with Crippen LogP contribution in [0.4, 0.5) is 11.4 Å². The zero-order valence-corrected chi connectivity index (χ0v) is 15.8. The summed E-state index contributed by atoms with van der Waals surface area (Å²) in [6.07, 6.45) is 0. The van der Waals surface area contributed by atoms with Gasteiger partial charge in [0.1, 0.15) is 4.90 Å². The normalized spacial score (nSPS) is 13.7. The van der Waals surface area contributed by atoms with E-state index in [4.69, 9.17) is 5.26 Å². The summed E-state index contributed by atoms with van der Waals surface area (Å²) in [5.74, 6) is -0.0797. The van der Waals surface area contributed by atoms with Gasteiger partial charge in [-0.3, -0.25) is 4.79 Å². The number of nitrogens with one attached hydrogen (secondary N) is 2. The number of nitrogens with zero attached hydrogens (tertiary/aromatic N) is 2. The Kier molecular flexibility index (Phi) is 4.58. The molecule has 0 saturated carbocycles. The molecule has 142 valence electrons. The summed E-state index contributed by atoms with van der Waals surface area (Å²) in [6.45, 7) is 0. The number of amidine groups is 1. The molecule has 1 aliphatic rings. The number of carbonyl (C=O) groups is 1. The molecule has 8 heteroatoms. The number of rotatable bonds is 3. The van der Waals surface area contributed by atoms with Crippen molar-refractivity contribution in [2.45, 2.75) is 4.90 Å². The molecule has 0 radical (unpaired) electrons. The Morgan fingerprint density at radius 3 is 2.45 bits per heavy atom. The van der Waals surface area contributed by atoms with E-state index in [2.05, 4.69) is 15.0 Å². The summed E-state index contributed by atoms with van der Waals surface area (Å²) in [4.78, 5) is 12.6. The third-order valence-corrected chi connectivity index (χ3v) is 5.63. The van der Waals surface area contributed by atoms with Crippen LogP contribution in [0.5, 0.6) is 0 Å². The van der Waals surface area contributed by atoms with Crippen LogP contribution in [0.3, 0.4) is 0 Å². The van der Waals surface area contributed by atoms with E-state index < -0.39 is 10.0 Å². The summed E-state index contributed by atoms with van der Waals surface area (Å²) >= 11 is 0. The van der Waals surface area contributed by atoms with Gasteiger partial charge in [-0.05, 0) is 54.6 Å². The van der Waals surface area contributed by atoms with Crippen molar-refractivity contribution in [2.75, 3.05) is 10.6 Å². The van der Waals surface area contributed by atoms with E-state index in [-0.39, 0.29) is 16.6 Å². The first-order valence-corrected chi connectivity index (χ1v) is 10.0. The van der Waals surface area contributed by atoms with Crippen molar-refractivity contribution in [2.24, 2.45) is 4.40 Å². The molecule has 0 spiro atoms. The van der Waals surface area contributed by atoms with Crippen molar-refractivity contribution in [3.63, 3.8) is 0 Å². The third kappa shape index (κ3) is 3.72. The molecule has 3 aromatic rings. The quantitative estimate of drug-likeness (QED) is 0.698. The fraction of sp³-hybridized carbons (Fsp3) is 0. The minimum absolute atomic E-state index is 0.165. The van der Waals surface area contributed by atoms with Crippen LogP contribution in [0.25, 0.3) is 0 Å². The highest BCUT2D eigenvalue weighted by molar-refractivity contribution is 7.90. The van der Waals surface area contributed by atoms with E-state index in [1.54, 1.807) is 66.7 Å². The molecular weight excluding hydrogens is 388 g/mol. The Bertz CT molecular complexity index is 1290. The maximum Gasteiger partial charge on any atom is 0.285 e. The first-order chi connectivity index (χ1) is 14.0. The second kappa shape index (κ2) is 7.22. The molecule has 4 rings (SSSR count). The van der Waals surface area contributed by atoms with E-state index in [0.29, 0.717) is 28.1 Å². The number of nitriles is 1. The summed E-state index contributed by atoms with van der Waals surface area (Å²) in [5, 5.41) is 14.7. The lowest BCUT2D eigenvalue weighted by molar-refractivity contribution is 0.102. The van der Waals surface area contributed by atoms with Gasteiger partial charge in [0.2, 0.25) is 0 Å². The first-order valence-electron chi connectivity index (χ1n) is 8.59. The number of hydrogen-bond donors (Lipinski definition) is 2. The van der Waals surface area contributed by atoms with Gasteiger partial charge in [-0.25, -0.2) is 0 Å². The lowest BCUT2D eigenvalue weighted by atomic mass is 10.1. The van der Waals surface area contributed by atoms with Crippen LogP contribution in [-0.4, -0.2) is 20.2 Å². The van der Waals surface area contributed by atoms with Gasteiger partial charge < -0.3 is 10.6 Å². The molecule has 0 fully saturated rings. The zero-order chi connectivity index (χ0) is 20.4. The highest BCUT2D eigenvalue weighted by atomic mass is 32.2. The van der Waals surface area contributed by atoms with Crippen LogP contribution in [0.15, 0.2) is 82.1 Å². The predicted molar refractivity (Wildman–Crippen MR) is 109 cm³/mol. The van der Waals surface area contributed by atoms with Crippen molar-refractivity contribution in [3.05, 3.63) is 89.5 Å². The highest BCUT2D eigenvalue weighted by Crippen LogP contribution is 2.26. The van der Waals surface area contributed by atoms with Crippen molar-refractivity contribution in [3.8, 4) is 6.07 Å². The smallest absolute Gasteiger partial charge is 0.285 e. The topological polar surface area (TPSA) is 111 Å². The van der Waals surface area contributed by atoms with E-state index in [0.717, 1.165) is 0 Å². The summed E-state index contributed by atoms with van der Waals surface area (Å²) in [7, 11) is -3.70. The van der Waals surface area contributed by atoms with Gasteiger partial charge in [0.25, 0.3) is 15.9 Å². The average molecular weight is 402 g/mol. The fourth-order valence-electron chi connectivity index (χ4n) is 2.91.